The maximum Gasteiger partial charge on any atom is 0.253 e. The van der Waals surface area contributed by atoms with Crippen LogP contribution in [0.15, 0.2) is 53.4 Å². The molecule has 33 heavy (non-hydrogen) atoms. The summed E-state index contributed by atoms with van der Waals surface area (Å²) in [6.07, 6.45) is 3.73. The van der Waals surface area contributed by atoms with Crippen LogP contribution in [0.3, 0.4) is 0 Å². The molecule has 1 N–H and O–H groups in total. The van der Waals surface area contributed by atoms with Crippen LogP contribution in [-0.4, -0.2) is 54.6 Å². The molecule has 2 aromatic carbocycles. The van der Waals surface area contributed by atoms with Gasteiger partial charge in [-0.25, -0.2) is 8.42 Å². The molecule has 0 heterocycles. The monoisotopic (exact) mass is 469 g/mol. The third-order valence-corrected chi connectivity index (χ3v) is 8.09. The molecule has 0 unspecified atom stereocenters. The summed E-state index contributed by atoms with van der Waals surface area (Å²) >= 11 is 0. The third-order valence-electron chi connectivity index (χ3n) is 6.18. The Morgan fingerprint density at radius 3 is 1.97 bits per heavy atom. The van der Waals surface area contributed by atoms with Crippen molar-refractivity contribution < 1.29 is 18.0 Å². The van der Waals surface area contributed by atoms with Gasteiger partial charge in [0.05, 0.1) is 4.90 Å². The van der Waals surface area contributed by atoms with Crippen molar-refractivity contribution in [2.75, 3.05) is 13.1 Å². The SMILES string of the molecule is CCN(CC)C(=O)c1ccc(S(=O)(=O)N(Cc2ccc(C(=O)NC3CC3)cc2)C2CC2)cc1. The summed E-state index contributed by atoms with van der Waals surface area (Å²) in [7, 11) is -3.71. The van der Waals surface area contributed by atoms with Gasteiger partial charge in [-0.2, -0.15) is 4.31 Å². The molecular formula is C25H31N3O4S. The first-order valence-electron chi connectivity index (χ1n) is 11.6. The second kappa shape index (κ2) is 9.65. The first kappa shape index (κ1) is 23.4. The van der Waals surface area contributed by atoms with Crippen LogP contribution in [-0.2, 0) is 16.6 Å². The smallest absolute Gasteiger partial charge is 0.253 e. The number of hydrogen-bond acceptors (Lipinski definition) is 4. The molecule has 2 aliphatic rings. The minimum Gasteiger partial charge on any atom is -0.349 e. The normalized spacial score (nSPS) is 16.0. The van der Waals surface area contributed by atoms with Crippen LogP contribution in [0.2, 0.25) is 0 Å². The topological polar surface area (TPSA) is 86.8 Å². The minimum atomic E-state index is -3.71. The first-order valence-corrected chi connectivity index (χ1v) is 13.1. The molecule has 0 radical (unpaired) electrons. The quantitative estimate of drug-likeness (QED) is 0.578. The number of sulfonamides is 1. The van der Waals surface area contributed by atoms with E-state index < -0.39 is 10.0 Å². The molecular weight excluding hydrogens is 438 g/mol. The summed E-state index contributed by atoms with van der Waals surface area (Å²) in [5.41, 5.74) is 1.90. The van der Waals surface area contributed by atoms with E-state index in [1.165, 1.54) is 16.4 Å². The molecule has 2 fully saturated rings. The third kappa shape index (κ3) is 5.45. The highest BCUT2D eigenvalue weighted by Gasteiger charge is 2.38. The molecule has 2 aromatic rings. The van der Waals surface area contributed by atoms with Crippen LogP contribution in [0.5, 0.6) is 0 Å². The van der Waals surface area contributed by atoms with Crippen molar-refractivity contribution in [1.29, 1.82) is 0 Å². The van der Waals surface area contributed by atoms with Crippen molar-refractivity contribution in [3.05, 3.63) is 65.2 Å². The second-order valence-electron chi connectivity index (χ2n) is 8.73. The molecule has 7 nitrogen and oxygen atoms in total. The fourth-order valence-electron chi connectivity index (χ4n) is 3.81. The average molecular weight is 470 g/mol. The van der Waals surface area contributed by atoms with Crippen LogP contribution in [0.4, 0.5) is 0 Å². The Kier molecular flexibility index (Phi) is 6.86. The zero-order valence-electron chi connectivity index (χ0n) is 19.2. The predicted octanol–water partition coefficient (Wildman–Crippen LogP) is 3.41. The van der Waals surface area contributed by atoms with Crippen molar-refractivity contribution in [2.24, 2.45) is 0 Å². The van der Waals surface area contributed by atoms with Crippen LogP contribution >= 0.6 is 0 Å². The number of carbonyl (C=O) groups is 2. The van der Waals surface area contributed by atoms with Crippen LogP contribution in [0.25, 0.3) is 0 Å². The van der Waals surface area contributed by atoms with Crippen molar-refractivity contribution in [1.82, 2.24) is 14.5 Å². The molecule has 8 heteroatoms. The summed E-state index contributed by atoms with van der Waals surface area (Å²) in [4.78, 5) is 26.6. The van der Waals surface area contributed by atoms with E-state index in [0.29, 0.717) is 30.3 Å². The maximum atomic E-state index is 13.4. The molecule has 0 bridgehead atoms. The molecule has 0 aromatic heterocycles. The van der Waals surface area contributed by atoms with Gasteiger partial charge in [-0.3, -0.25) is 9.59 Å². The largest absolute Gasteiger partial charge is 0.349 e. The minimum absolute atomic E-state index is 0.0233. The summed E-state index contributed by atoms with van der Waals surface area (Å²) < 4.78 is 28.4. The predicted molar refractivity (Wildman–Crippen MR) is 126 cm³/mol. The average Bonchev–Trinajstić information content (AvgIpc) is 3.74. The molecule has 0 atom stereocenters. The number of hydrogen-bond donors (Lipinski definition) is 1. The lowest BCUT2D eigenvalue weighted by atomic mass is 10.1. The Labute approximate surface area is 195 Å². The van der Waals surface area contributed by atoms with Crippen molar-refractivity contribution in [2.45, 2.75) is 63.1 Å². The Morgan fingerprint density at radius 1 is 0.879 bits per heavy atom. The zero-order chi connectivity index (χ0) is 23.6. The molecule has 4 rings (SSSR count). The summed E-state index contributed by atoms with van der Waals surface area (Å²) in [5, 5.41) is 2.96. The highest BCUT2D eigenvalue weighted by molar-refractivity contribution is 7.89. The lowest BCUT2D eigenvalue weighted by Gasteiger charge is -2.23. The van der Waals surface area contributed by atoms with Crippen molar-refractivity contribution in [3.63, 3.8) is 0 Å². The highest BCUT2D eigenvalue weighted by atomic mass is 32.2. The van der Waals surface area contributed by atoms with Gasteiger partial charge in [0.25, 0.3) is 11.8 Å². The fraction of sp³-hybridized carbons (Fsp3) is 0.440. The number of amides is 2. The molecule has 2 aliphatic carbocycles. The maximum absolute atomic E-state index is 13.4. The van der Waals surface area contributed by atoms with E-state index in [0.717, 1.165) is 31.2 Å². The standard InChI is InChI=1S/C25H31N3O4S/c1-3-27(4-2)25(30)20-9-15-23(16-10-20)33(31,32)28(22-13-14-22)17-18-5-7-19(8-6-18)24(29)26-21-11-12-21/h5-10,15-16,21-22H,3-4,11-14,17H2,1-2H3,(H,26,29). The van der Waals surface area contributed by atoms with Gasteiger partial charge < -0.3 is 10.2 Å². The molecule has 0 spiro atoms. The number of benzene rings is 2. The number of rotatable bonds is 10. The van der Waals surface area contributed by atoms with E-state index in [1.807, 2.05) is 26.0 Å². The lowest BCUT2D eigenvalue weighted by Crippen LogP contribution is -2.33. The van der Waals surface area contributed by atoms with E-state index in [2.05, 4.69) is 5.32 Å². The van der Waals surface area contributed by atoms with Gasteiger partial charge in [0.1, 0.15) is 0 Å². The van der Waals surface area contributed by atoms with E-state index in [9.17, 15) is 18.0 Å². The van der Waals surface area contributed by atoms with Crippen molar-refractivity contribution in [3.8, 4) is 0 Å². The zero-order valence-corrected chi connectivity index (χ0v) is 20.0. The summed E-state index contributed by atoms with van der Waals surface area (Å²) in [6, 6.07) is 13.6. The number of carbonyl (C=O) groups excluding carboxylic acids is 2. The highest BCUT2D eigenvalue weighted by Crippen LogP contribution is 2.33. The lowest BCUT2D eigenvalue weighted by molar-refractivity contribution is 0.0772. The molecule has 2 amide bonds. The van der Waals surface area contributed by atoms with E-state index in [-0.39, 0.29) is 29.3 Å². The molecule has 0 saturated heterocycles. The van der Waals surface area contributed by atoms with Crippen molar-refractivity contribution >= 4 is 21.8 Å². The van der Waals surface area contributed by atoms with Crippen LogP contribution in [0.1, 0.15) is 65.8 Å². The van der Waals surface area contributed by atoms with E-state index >= 15 is 0 Å². The number of nitrogens with one attached hydrogen (secondary N) is 1. The number of nitrogens with zero attached hydrogens (tertiary/aromatic N) is 2. The second-order valence-corrected chi connectivity index (χ2v) is 10.6. The summed E-state index contributed by atoms with van der Waals surface area (Å²) in [5.74, 6) is -0.191. The van der Waals surface area contributed by atoms with Gasteiger partial charge in [-0.1, -0.05) is 12.1 Å². The Bertz CT molecular complexity index is 1100. The van der Waals surface area contributed by atoms with Gasteiger partial charge in [-0.05, 0) is 81.5 Å². The van der Waals surface area contributed by atoms with Crippen LogP contribution in [0, 0.1) is 0 Å². The Balaban J connectivity index is 1.49. The van der Waals surface area contributed by atoms with E-state index in [4.69, 9.17) is 0 Å². The first-order chi connectivity index (χ1) is 15.8. The summed E-state index contributed by atoms with van der Waals surface area (Å²) in [6.45, 7) is 5.29. The molecule has 176 valence electrons. The van der Waals surface area contributed by atoms with E-state index in [1.54, 1.807) is 29.2 Å². The molecule has 2 saturated carbocycles. The van der Waals surface area contributed by atoms with Gasteiger partial charge in [0.15, 0.2) is 0 Å². The Hall–Kier alpha value is -2.71. The van der Waals surface area contributed by atoms with Gasteiger partial charge in [0.2, 0.25) is 10.0 Å². The van der Waals surface area contributed by atoms with Gasteiger partial charge >= 0.3 is 0 Å². The van der Waals surface area contributed by atoms with Gasteiger partial charge in [0, 0.05) is 42.8 Å². The fourth-order valence-corrected chi connectivity index (χ4v) is 5.48. The Morgan fingerprint density at radius 2 is 1.45 bits per heavy atom. The molecule has 0 aliphatic heterocycles. The van der Waals surface area contributed by atoms with Crippen LogP contribution < -0.4 is 5.32 Å². The van der Waals surface area contributed by atoms with Gasteiger partial charge in [-0.15, -0.1) is 0 Å².